The third-order valence-corrected chi connectivity index (χ3v) is 3.11. The Balaban J connectivity index is 2.36. The predicted molar refractivity (Wildman–Crippen MR) is 78.6 cm³/mol. The molecule has 21 heavy (non-hydrogen) atoms. The van der Waals surface area contributed by atoms with Crippen LogP contribution >= 0.6 is 11.6 Å². The molecule has 1 unspecified atom stereocenters. The molecule has 0 fully saturated rings. The van der Waals surface area contributed by atoms with Crippen molar-refractivity contribution in [3.63, 3.8) is 0 Å². The highest BCUT2D eigenvalue weighted by Crippen LogP contribution is 2.25. The molecular formula is C14H14ClN3O3. The van der Waals surface area contributed by atoms with E-state index in [1.807, 2.05) is 0 Å². The number of carboxylic acid groups (broad SMARTS) is 1. The quantitative estimate of drug-likeness (QED) is 0.901. The predicted octanol–water partition coefficient (Wildman–Crippen LogP) is 2.86. The van der Waals surface area contributed by atoms with Gasteiger partial charge in [-0.25, -0.2) is 14.8 Å². The molecule has 2 rings (SSSR count). The van der Waals surface area contributed by atoms with Crippen LogP contribution in [0.2, 0.25) is 5.02 Å². The number of nitrogen functional groups attached to an aromatic ring is 1. The molecule has 7 heteroatoms. The topological polar surface area (TPSA) is 98.3 Å². The van der Waals surface area contributed by atoms with Gasteiger partial charge in [-0.05, 0) is 38.1 Å². The number of aromatic nitrogens is 2. The summed E-state index contributed by atoms with van der Waals surface area (Å²) in [5.74, 6) is -0.550. The number of nitrogens with zero attached hydrogens (tertiary/aromatic N) is 2. The van der Waals surface area contributed by atoms with Gasteiger partial charge < -0.3 is 15.6 Å². The van der Waals surface area contributed by atoms with Crippen molar-refractivity contribution in [1.82, 2.24) is 9.97 Å². The number of carbonyl (C=O) groups is 1. The standard InChI is InChI=1S/C14H14ClN3O3/c1-7-11(13(19)20)12(18-14(16)17-7)8(2)21-10-5-3-9(15)4-6-10/h3-6,8H,1-2H3,(H,19,20)(H2,16,17,18). The first-order valence-electron chi connectivity index (χ1n) is 6.18. The molecule has 0 amide bonds. The molecule has 2 aromatic rings. The molecule has 110 valence electrons. The van der Waals surface area contributed by atoms with E-state index in [0.717, 1.165) is 0 Å². The monoisotopic (exact) mass is 307 g/mol. The Labute approximate surface area is 126 Å². The highest BCUT2D eigenvalue weighted by Gasteiger charge is 2.22. The summed E-state index contributed by atoms with van der Waals surface area (Å²) < 4.78 is 5.69. The van der Waals surface area contributed by atoms with Crippen LogP contribution < -0.4 is 10.5 Å². The Morgan fingerprint density at radius 1 is 1.33 bits per heavy atom. The van der Waals surface area contributed by atoms with Crippen LogP contribution in [0.25, 0.3) is 0 Å². The molecule has 1 aromatic heterocycles. The van der Waals surface area contributed by atoms with Crippen molar-refractivity contribution in [2.45, 2.75) is 20.0 Å². The van der Waals surface area contributed by atoms with E-state index >= 15 is 0 Å². The summed E-state index contributed by atoms with van der Waals surface area (Å²) in [5.41, 5.74) is 6.14. The molecule has 0 saturated heterocycles. The number of benzene rings is 1. The van der Waals surface area contributed by atoms with Gasteiger partial charge in [0.1, 0.15) is 23.1 Å². The van der Waals surface area contributed by atoms with Gasteiger partial charge >= 0.3 is 5.97 Å². The van der Waals surface area contributed by atoms with Gasteiger partial charge in [0.2, 0.25) is 5.95 Å². The molecule has 0 aliphatic carbocycles. The fourth-order valence-electron chi connectivity index (χ4n) is 1.95. The number of aromatic carboxylic acids is 1. The first-order valence-corrected chi connectivity index (χ1v) is 6.55. The molecule has 0 radical (unpaired) electrons. The lowest BCUT2D eigenvalue weighted by Gasteiger charge is -2.17. The Kier molecular flexibility index (Phi) is 4.28. The molecule has 0 aliphatic heterocycles. The van der Waals surface area contributed by atoms with Gasteiger partial charge in [0.25, 0.3) is 0 Å². The van der Waals surface area contributed by atoms with Gasteiger partial charge in [-0.3, -0.25) is 0 Å². The molecule has 0 aliphatic rings. The van der Waals surface area contributed by atoms with E-state index in [2.05, 4.69) is 9.97 Å². The third kappa shape index (κ3) is 3.41. The van der Waals surface area contributed by atoms with Gasteiger partial charge in [-0.2, -0.15) is 0 Å². The molecule has 3 N–H and O–H groups in total. The first-order chi connectivity index (χ1) is 9.88. The maximum atomic E-state index is 11.4. The number of hydrogen-bond donors (Lipinski definition) is 2. The fourth-order valence-corrected chi connectivity index (χ4v) is 2.07. The fraction of sp³-hybridized carbons (Fsp3) is 0.214. The third-order valence-electron chi connectivity index (χ3n) is 2.86. The van der Waals surface area contributed by atoms with Crippen LogP contribution in [0.15, 0.2) is 24.3 Å². The second-order valence-corrected chi connectivity index (χ2v) is 4.88. The van der Waals surface area contributed by atoms with Gasteiger partial charge in [-0.15, -0.1) is 0 Å². The van der Waals surface area contributed by atoms with E-state index in [9.17, 15) is 9.90 Å². The zero-order chi connectivity index (χ0) is 15.6. The number of anilines is 1. The molecule has 1 atom stereocenters. The highest BCUT2D eigenvalue weighted by molar-refractivity contribution is 6.30. The second kappa shape index (κ2) is 5.97. The minimum atomic E-state index is -1.12. The van der Waals surface area contributed by atoms with Gasteiger partial charge in [-0.1, -0.05) is 11.6 Å². The van der Waals surface area contributed by atoms with Crippen molar-refractivity contribution >= 4 is 23.5 Å². The van der Waals surface area contributed by atoms with Crippen LogP contribution in [-0.4, -0.2) is 21.0 Å². The molecule has 0 saturated carbocycles. The number of hydrogen-bond acceptors (Lipinski definition) is 5. The summed E-state index contributed by atoms with van der Waals surface area (Å²) in [4.78, 5) is 19.2. The van der Waals surface area contributed by atoms with Crippen molar-refractivity contribution in [1.29, 1.82) is 0 Å². The van der Waals surface area contributed by atoms with Crippen molar-refractivity contribution < 1.29 is 14.6 Å². The summed E-state index contributed by atoms with van der Waals surface area (Å²) in [5, 5.41) is 9.88. The van der Waals surface area contributed by atoms with E-state index in [-0.39, 0.29) is 17.2 Å². The zero-order valence-electron chi connectivity index (χ0n) is 11.5. The van der Waals surface area contributed by atoms with Crippen LogP contribution in [0.3, 0.4) is 0 Å². The molecule has 0 spiro atoms. The minimum Gasteiger partial charge on any atom is -0.484 e. The summed E-state index contributed by atoms with van der Waals surface area (Å²) in [6.07, 6.45) is -0.596. The lowest BCUT2D eigenvalue weighted by atomic mass is 10.1. The van der Waals surface area contributed by atoms with Crippen molar-refractivity contribution in [2.75, 3.05) is 5.73 Å². The van der Waals surface area contributed by atoms with Crippen LogP contribution in [0.4, 0.5) is 5.95 Å². The maximum absolute atomic E-state index is 11.4. The van der Waals surface area contributed by atoms with Crippen molar-refractivity contribution in [3.8, 4) is 5.75 Å². The Morgan fingerprint density at radius 2 is 1.95 bits per heavy atom. The van der Waals surface area contributed by atoms with E-state index in [1.165, 1.54) is 0 Å². The number of nitrogens with two attached hydrogens (primary N) is 1. The van der Waals surface area contributed by atoms with E-state index < -0.39 is 12.1 Å². The Hall–Kier alpha value is -2.34. The first kappa shape index (κ1) is 15.1. The van der Waals surface area contributed by atoms with E-state index in [4.69, 9.17) is 22.1 Å². The summed E-state index contributed by atoms with van der Waals surface area (Å²) in [6.45, 7) is 3.27. The number of aryl methyl sites for hydroxylation is 1. The van der Waals surface area contributed by atoms with Gasteiger partial charge in [0.05, 0.1) is 5.69 Å². The van der Waals surface area contributed by atoms with Crippen molar-refractivity contribution in [3.05, 3.63) is 46.2 Å². The largest absolute Gasteiger partial charge is 0.484 e. The zero-order valence-corrected chi connectivity index (χ0v) is 12.3. The maximum Gasteiger partial charge on any atom is 0.339 e. The summed E-state index contributed by atoms with van der Waals surface area (Å²) in [7, 11) is 0. The van der Waals surface area contributed by atoms with Gasteiger partial charge in [0.15, 0.2) is 0 Å². The van der Waals surface area contributed by atoms with Crippen LogP contribution in [0.5, 0.6) is 5.75 Å². The summed E-state index contributed by atoms with van der Waals surface area (Å²) in [6, 6.07) is 6.75. The van der Waals surface area contributed by atoms with Crippen molar-refractivity contribution in [2.24, 2.45) is 0 Å². The average Bonchev–Trinajstić information content (AvgIpc) is 2.39. The highest BCUT2D eigenvalue weighted by atomic mass is 35.5. The molecule has 0 bridgehead atoms. The average molecular weight is 308 g/mol. The van der Waals surface area contributed by atoms with E-state index in [0.29, 0.717) is 16.5 Å². The second-order valence-electron chi connectivity index (χ2n) is 4.45. The van der Waals surface area contributed by atoms with Crippen LogP contribution in [0.1, 0.15) is 34.8 Å². The number of halogens is 1. The number of rotatable bonds is 4. The lowest BCUT2D eigenvalue weighted by molar-refractivity contribution is 0.0689. The summed E-state index contributed by atoms with van der Waals surface area (Å²) >= 11 is 5.80. The minimum absolute atomic E-state index is 0.00524. The lowest BCUT2D eigenvalue weighted by Crippen LogP contribution is -2.16. The molecular weight excluding hydrogens is 294 g/mol. The molecule has 6 nitrogen and oxygen atoms in total. The number of carboxylic acids is 1. The van der Waals surface area contributed by atoms with E-state index in [1.54, 1.807) is 38.1 Å². The molecule has 1 heterocycles. The van der Waals surface area contributed by atoms with Crippen LogP contribution in [0, 0.1) is 6.92 Å². The normalized spacial score (nSPS) is 12.0. The van der Waals surface area contributed by atoms with Crippen LogP contribution in [-0.2, 0) is 0 Å². The number of ether oxygens (including phenoxy) is 1. The molecule has 1 aromatic carbocycles. The Bertz CT molecular complexity index is 674. The SMILES string of the molecule is Cc1nc(N)nc(C(C)Oc2ccc(Cl)cc2)c1C(=O)O. The smallest absolute Gasteiger partial charge is 0.339 e. The van der Waals surface area contributed by atoms with Gasteiger partial charge in [0, 0.05) is 5.02 Å². The Morgan fingerprint density at radius 3 is 2.52 bits per heavy atom.